The highest BCUT2D eigenvalue weighted by molar-refractivity contribution is 5.85. The second kappa shape index (κ2) is 9.48. The third-order valence-electron chi connectivity index (χ3n) is 4.92. The van der Waals surface area contributed by atoms with Gasteiger partial charge in [0, 0.05) is 26.6 Å². The summed E-state index contributed by atoms with van der Waals surface area (Å²) >= 11 is 0. The number of carbonyl (C=O) groups excluding carboxylic acids is 2. The number of halogens is 1. The molecule has 2 amide bonds. The number of likely N-dealkylation sites (tertiary alicyclic amines) is 1. The molecule has 0 aromatic heterocycles. The van der Waals surface area contributed by atoms with Crippen molar-refractivity contribution in [2.24, 2.45) is 11.8 Å². The van der Waals surface area contributed by atoms with Gasteiger partial charge in [0.05, 0.1) is 12.5 Å². The van der Waals surface area contributed by atoms with Gasteiger partial charge in [-0.3, -0.25) is 14.4 Å². The Morgan fingerprint density at radius 1 is 1.37 bits per heavy atom. The van der Waals surface area contributed by atoms with Crippen LogP contribution in [0.4, 0.5) is 4.39 Å². The number of hydrogen-bond acceptors (Lipinski definition) is 3. The van der Waals surface area contributed by atoms with Crippen LogP contribution in [0, 0.1) is 17.7 Å². The van der Waals surface area contributed by atoms with Crippen molar-refractivity contribution < 1.29 is 23.9 Å². The Hall–Kier alpha value is -2.44. The van der Waals surface area contributed by atoms with Crippen LogP contribution in [0.15, 0.2) is 24.3 Å². The molecule has 27 heavy (non-hydrogen) atoms. The SMILES string of the molecule is CC(CC(=O)N(C)CC(=O)N1CCCC(C(=O)O)C1)Cc1cccc(F)c1. The van der Waals surface area contributed by atoms with E-state index in [-0.39, 0.29) is 43.1 Å². The Bertz CT molecular complexity index is 694. The second-order valence-corrected chi connectivity index (χ2v) is 7.41. The molecule has 2 unspecified atom stereocenters. The van der Waals surface area contributed by atoms with E-state index in [9.17, 15) is 18.8 Å². The molecule has 0 spiro atoms. The van der Waals surface area contributed by atoms with E-state index in [0.717, 1.165) is 5.56 Å². The number of nitrogens with zero attached hydrogens (tertiary/aromatic N) is 2. The monoisotopic (exact) mass is 378 g/mol. The van der Waals surface area contributed by atoms with Crippen molar-refractivity contribution in [2.75, 3.05) is 26.7 Å². The molecule has 0 bridgehead atoms. The fourth-order valence-corrected chi connectivity index (χ4v) is 3.39. The van der Waals surface area contributed by atoms with E-state index < -0.39 is 11.9 Å². The summed E-state index contributed by atoms with van der Waals surface area (Å²) in [6, 6.07) is 6.32. The number of amides is 2. The summed E-state index contributed by atoms with van der Waals surface area (Å²) in [7, 11) is 1.58. The minimum absolute atomic E-state index is 0.0169. The molecule has 2 atom stereocenters. The molecule has 1 saturated heterocycles. The van der Waals surface area contributed by atoms with Crippen LogP contribution in [-0.4, -0.2) is 59.4 Å². The fourth-order valence-electron chi connectivity index (χ4n) is 3.39. The van der Waals surface area contributed by atoms with E-state index in [1.807, 2.05) is 13.0 Å². The van der Waals surface area contributed by atoms with Crippen LogP contribution in [0.25, 0.3) is 0 Å². The summed E-state index contributed by atoms with van der Waals surface area (Å²) in [4.78, 5) is 38.8. The first-order valence-electron chi connectivity index (χ1n) is 9.25. The Labute approximate surface area is 158 Å². The molecule has 1 fully saturated rings. The van der Waals surface area contributed by atoms with Gasteiger partial charge in [-0.25, -0.2) is 4.39 Å². The van der Waals surface area contributed by atoms with E-state index in [0.29, 0.717) is 25.8 Å². The number of carbonyl (C=O) groups is 3. The van der Waals surface area contributed by atoms with Crippen LogP contribution in [0.1, 0.15) is 31.7 Å². The fraction of sp³-hybridized carbons (Fsp3) is 0.550. The standard InChI is InChI=1S/C20H27FN2O4/c1-14(9-15-5-3-7-17(21)11-15)10-18(24)22(2)13-19(25)23-8-4-6-16(12-23)20(26)27/h3,5,7,11,14,16H,4,6,8-10,12-13H2,1-2H3,(H,26,27). The first kappa shape index (κ1) is 20.9. The lowest BCUT2D eigenvalue weighted by Crippen LogP contribution is -2.47. The maximum atomic E-state index is 13.3. The molecule has 0 saturated carbocycles. The normalized spacial score (nSPS) is 18.0. The smallest absolute Gasteiger partial charge is 0.308 e. The average Bonchev–Trinajstić information content (AvgIpc) is 2.61. The summed E-state index contributed by atoms with van der Waals surface area (Å²) in [5.74, 6) is -2.08. The third-order valence-corrected chi connectivity index (χ3v) is 4.92. The maximum Gasteiger partial charge on any atom is 0.308 e. The predicted octanol–water partition coefficient (Wildman–Crippen LogP) is 2.18. The number of piperidine rings is 1. The molecule has 0 radical (unpaired) electrons. The van der Waals surface area contributed by atoms with Gasteiger partial charge in [-0.1, -0.05) is 19.1 Å². The zero-order valence-corrected chi connectivity index (χ0v) is 15.9. The van der Waals surface area contributed by atoms with Gasteiger partial charge >= 0.3 is 5.97 Å². The summed E-state index contributed by atoms with van der Waals surface area (Å²) in [6.45, 7) is 2.59. The van der Waals surface area contributed by atoms with Gasteiger partial charge < -0.3 is 14.9 Å². The van der Waals surface area contributed by atoms with Crippen LogP contribution in [0.3, 0.4) is 0 Å². The molecule has 1 aliphatic heterocycles. The Balaban J connectivity index is 1.82. The van der Waals surface area contributed by atoms with Gasteiger partial charge in [0.1, 0.15) is 5.82 Å². The molecular formula is C20H27FN2O4. The second-order valence-electron chi connectivity index (χ2n) is 7.41. The molecule has 1 aromatic carbocycles. The average molecular weight is 378 g/mol. The van der Waals surface area contributed by atoms with Crippen molar-refractivity contribution in [3.05, 3.63) is 35.6 Å². The Morgan fingerprint density at radius 3 is 2.78 bits per heavy atom. The zero-order chi connectivity index (χ0) is 20.0. The van der Waals surface area contributed by atoms with Gasteiger partial charge in [-0.2, -0.15) is 0 Å². The van der Waals surface area contributed by atoms with Crippen molar-refractivity contribution in [2.45, 2.75) is 32.6 Å². The van der Waals surface area contributed by atoms with Gasteiger partial charge in [0.2, 0.25) is 11.8 Å². The van der Waals surface area contributed by atoms with Crippen LogP contribution >= 0.6 is 0 Å². The zero-order valence-electron chi connectivity index (χ0n) is 15.9. The molecule has 1 aliphatic rings. The quantitative estimate of drug-likeness (QED) is 0.789. The Kier molecular flexibility index (Phi) is 7.33. The van der Waals surface area contributed by atoms with Gasteiger partial charge in [0.25, 0.3) is 0 Å². The van der Waals surface area contributed by atoms with E-state index >= 15 is 0 Å². The molecule has 1 aromatic rings. The number of benzene rings is 1. The highest BCUT2D eigenvalue weighted by Crippen LogP contribution is 2.17. The van der Waals surface area contributed by atoms with Gasteiger partial charge in [0.15, 0.2) is 0 Å². The molecule has 0 aliphatic carbocycles. The molecule has 2 rings (SSSR count). The Morgan fingerprint density at radius 2 is 2.11 bits per heavy atom. The summed E-state index contributed by atoms with van der Waals surface area (Å²) in [5, 5.41) is 9.12. The number of hydrogen-bond donors (Lipinski definition) is 1. The van der Waals surface area contributed by atoms with Crippen molar-refractivity contribution in [1.29, 1.82) is 0 Å². The van der Waals surface area contributed by atoms with Crippen molar-refractivity contribution in [1.82, 2.24) is 9.80 Å². The van der Waals surface area contributed by atoms with Crippen LogP contribution < -0.4 is 0 Å². The minimum Gasteiger partial charge on any atom is -0.481 e. The van der Waals surface area contributed by atoms with E-state index in [4.69, 9.17) is 5.11 Å². The van der Waals surface area contributed by atoms with Crippen molar-refractivity contribution in [3.8, 4) is 0 Å². The third kappa shape index (κ3) is 6.34. The van der Waals surface area contributed by atoms with E-state index in [2.05, 4.69) is 0 Å². The van der Waals surface area contributed by atoms with Crippen LogP contribution in [0.5, 0.6) is 0 Å². The molecule has 1 heterocycles. The number of aliphatic carboxylic acids is 1. The number of carboxylic acids is 1. The molecule has 7 heteroatoms. The van der Waals surface area contributed by atoms with Crippen LogP contribution in [-0.2, 0) is 20.8 Å². The lowest BCUT2D eigenvalue weighted by Gasteiger charge is -2.32. The summed E-state index contributed by atoms with van der Waals surface area (Å²) < 4.78 is 13.3. The number of rotatable bonds is 7. The first-order chi connectivity index (χ1) is 12.8. The summed E-state index contributed by atoms with van der Waals surface area (Å²) in [5.41, 5.74) is 0.835. The minimum atomic E-state index is -0.886. The molecule has 148 valence electrons. The molecule has 6 nitrogen and oxygen atoms in total. The molecule has 1 N–H and O–H groups in total. The largest absolute Gasteiger partial charge is 0.481 e. The van der Waals surface area contributed by atoms with E-state index in [1.165, 1.54) is 21.9 Å². The lowest BCUT2D eigenvalue weighted by molar-refractivity contribution is -0.147. The van der Waals surface area contributed by atoms with Crippen molar-refractivity contribution in [3.63, 3.8) is 0 Å². The van der Waals surface area contributed by atoms with Gasteiger partial charge in [-0.15, -0.1) is 0 Å². The van der Waals surface area contributed by atoms with Crippen LogP contribution in [0.2, 0.25) is 0 Å². The van der Waals surface area contributed by atoms with E-state index in [1.54, 1.807) is 13.1 Å². The number of likely N-dealkylation sites (N-methyl/N-ethyl adjacent to an activating group) is 1. The topological polar surface area (TPSA) is 77.9 Å². The number of carboxylic acid groups (broad SMARTS) is 1. The molecular weight excluding hydrogens is 351 g/mol. The highest BCUT2D eigenvalue weighted by atomic mass is 19.1. The van der Waals surface area contributed by atoms with Crippen molar-refractivity contribution >= 4 is 17.8 Å². The summed E-state index contributed by atoms with van der Waals surface area (Å²) in [6.07, 6.45) is 2.08. The predicted molar refractivity (Wildman–Crippen MR) is 98.5 cm³/mol. The first-order valence-corrected chi connectivity index (χ1v) is 9.25. The highest BCUT2D eigenvalue weighted by Gasteiger charge is 2.29. The maximum absolute atomic E-state index is 13.3. The lowest BCUT2D eigenvalue weighted by atomic mass is 9.97. The van der Waals surface area contributed by atoms with Gasteiger partial charge in [-0.05, 0) is 42.9 Å².